The lowest BCUT2D eigenvalue weighted by molar-refractivity contribution is -0.121. The number of carbonyl (C=O) groups excluding carboxylic acids is 1. The van der Waals surface area contributed by atoms with Crippen LogP contribution in [0.1, 0.15) is 26.3 Å². The number of benzene rings is 1. The number of anilines is 1. The summed E-state index contributed by atoms with van der Waals surface area (Å²) in [6.07, 6.45) is 0. The molecule has 3 heteroatoms. The van der Waals surface area contributed by atoms with Gasteiger partial charge in [-0.1, -0.05) is 12.1 Å². The number of hydrogen-bond donors (Lipinski definition) is 0. The molecule has 1 aliphatic heterocycles. The van der Waals surface area contributed by atoms with Crippen LogP contribution in [-0.2, 0) is 14.9 Å². The van der Waals surface area contributed by atoms with Crippen LogP contribution >= 0.6 is 0 Å². The second kappa shape index (κ2) is 5.11. The third kappa shape index (κ3) is 2.56. The van der Waals surface area contributed by atoms with Crippen molar-refractivity contribution in [1.29, 1.82) is 0 Å². The Morgan fingerprint density at radius 1 is 1.17 bits per heavy atom. The molecule has 3 nitrogen and oxygen atoms in total. The summed E-state index contributed by atoms with van der Waals surface area (Å²) >= 11 is 0. The Morgan fingerprint density at radius 2 is 1.72 bits per heavy atom. The Morgan fingerprint density at radius 3 is 2.22 bits per heavy atom. The van der Waals surface area contributed by atoms with Crippen LogP contribution < -0.4 is 4.90 Å². The molecule has 0 aromatic heterocycles. The zero-order valence-corrected chi connectivity index (χ0v) is 11.4. The molecule has 1 heterocycles. The summed E-state index contributed by atoms with van der Waals surface area (Å²) in [4.78, 5) is 13.9. The highest BCUT2D eigenvalue weighted by Crippen LogP contribution is 2.26. The second-order valence-corrected chi connectivity index (χ2v) is 5.33. The number of morpholine rings is 1. The minimum Gasteiger partial charge on any atom is -0.378 e. The molecule has 0 amide bonds. The number of nitrogens with zero attached hydrogens (tertiary/aromatic N) is 1. The molecular formula is C15H21NO2. The van der Waals surface area contributed by atoms with Gasteiger partial charge in [-0.05, 0) is 38.5 Å². The highest BCUT2D eigenvalue weighted by molar-refractivity contribution is 5.87. The summed E-state index contributed by atoms with van der Waals surface area (Å²) in [6, 6.07) is 8.33. The molecule has 1 aliphatic rings. The summed E-state index contributed by atoms with van der Waals surface area (Å²) in [7, 11) is 0. The van der Waals surface area contributed by atoms with E-state index in [-0.39, 0.29) is 5.78 Å². The quantitative estimate of drug-likeness (QED) is 0.821. The number of carbonyl (C=O) groups is 1. The van der Waals surface area contributed by atoms with Crippen molar-refractivity contribution in [3.05, 3.63) is 29.8 Å². The Bertz CT molecular complexity index is 417. The number of ether oxygens (including phenoxy) is 1. The van der Waals surface area contributed by atoms with Crippen LogP contribution in [0.2, 0.25) is 0 Å². The highest BCUT2D eigenvalue weighted by Gasteiger charge is 2.25. The van der Waals surface area contributed by atoms with Gasteiger partial charge in [0.2, 0.25) is 0 Å². The van der Waals surface area contributed by atoms with E-state index in [1.54, 1.807) is 6.92 Å². The molecule has 18 heavy (non-hydrogen) atoms. The topological polar surface area (TPSA) is 29.5 Å². The lowest BCUT2D eigenvalue weighted by atomic mass is 9.81. The standard InChI is InChI=1S/C15H21NO2/c1-12(17)15(2,3)13-4-6-14(7-5-13)16-8-10-18-11-9-16/h4-7H,8-11H2,1-3H3. The number of rotatable bonds is 3. The van der Waals surface area contributed by atoms with Crippen LogP contribution in [0.5, 0.6) is 0 Å². The van der Waals surface area contributed by atoms with Crippen LogP contribution in [0.15, 0.2) is 24.3 Å². The largest absolute Gasteiger partial charge is 0.378 e. The van der Waals surface area contributed by atoms with Gasteiger partial charge in [-0.25, -0.2) is 0 Å². The Labute approximate surface area is 109 Å². The molecule has 1 fully saturated rings. The van der Waals surface area contributed by atoms with E-state index in [2.05, 4.69) is 29.2 Å². The van der Waals surface area contributed by atoms with Crippen LogP contribution in [-0.4, -0.2) is 32.1 Å². The Kier molecular flexibility index (Phi) is 3.71. The van der Waals surface area contributed by atoms with E-state index in [0.29, 0.717) is 0 Å². The average Bonchev–Trinajstić information content (AvgIpc) is 2.40. The summed E-state index contributed by atoms with van der Waals surface area (Å²) in [5.41, 5.74) is 1.89. The number of Topliss-reactive ketones (excluding diaryl/α,β-unsaturated/α-hetero) is 1. The molecule has 1 aromatic carbocycles. The van der Waals surface area contributed by atoms with Crippen molar-refractivity contribution in [3.8, 4) is 0 Å². The van der Waals surface area contributed by atoms with Crippen molar-refractivity contribution >= 4 is 11.5 Å². The maximum absolute atomic E-state index is 11.6. The first-order valence-electron chi connectivity index (χ1n) is 6.46. The molecule has 0 N–H and O–H groups in total. The minimum absolute atomic E-state index is 0.196. The lowest BCUT2D eigenvalue weighted by Crippen LogP contribution is -2.36. The molecule has 0 spiro atoms. The third-order valence-corrected chi connectivity index (χ3v) is 3.85. The molecule has 0 unspecified atom stereocenters. The third-order valence-electron chi connectivity index (χ3n) is 3.85. The highest BCUT2D eigenvalue weighted by atomic mass is 16.5. The van der Waals surface area contributed by atoms with Gasteiger partial charge in [0, 0.05) is 24.2 Å². The summed E-state index contributed by atoms with van der Waals surface area (Å²) in [6.45, 7) is 9.06. The van der Waals surface area contributed by atoms with E-state index in [0.717, 1.165) is 31.9 Å². The summed E-state index contributed by atoms with van der Waals surface area (Å²) < 4.78 is 5.34. The van der Waals surface area contributed by atoms with Crippen LogP contribution in [0, 0.1) is 0 Å². The van der Waals surface area contributed by atoms with Gasteiger partial charge in [0.05, 0.1) is 13.2 Å². The molecule has 0 saturated carbocycles. The van der Waals surface area contributed by atoms with Crippen LogP contribution in [0.25, 0.3) is 0 Å². The van der Waals surface area contributed by atoms with Gasteiger partial charge in [-0.15, -0.1) is 0 Å². The van der Waals surface area contributed by atoms with Gasteiger partial charge in [0.1, 0.15) is 5.78 Å². The van der Waals surface area contributed by atoms with Crippen LogP contribution in [0.3, 0.4) is 0 Å². The van der Waals surface area contributed by atoms with E-state index < -0.39 is 5.41 Å². The molecule has 0 aliphatic carbocycles. The number of hydrogen-bond acceptors (Lipinski definition) is 3. The SMILES string of the molecule is CC(=O)C(C)(C)c1ccc(N2CCOCC2)cc1. The van der Waals surface area contributed by atoms with Gasteiger partial charge >= 0.3 is 0 Å². The van der Waals surface area contributed by atoms with Crippen LogP contribution in [0.4, 0.5) is 5.69 Å². The van der Waals surface area contributed by atoms with Gasteiger partial charge in [-0.3, -0.25) is 4.79 Å². The molecule has 0 bridgehead atoms. The molecule has 1 aromatic rings. The van der Waals surface area contributed by atoms with E-state index >= 15 is 0 Å². The molecule has 0 radical (unpaired) electrons. The van der Waals surface area contributed by atoms with Crippen molar-refractivity contribution in [3.63, 3.8) is 0 Å². The van der Waals surface area contributed by atoms with Gasteiger partial charge in [0.25, 0.3) is 0 Å². The molecule has 98 valence electrons. The van der Waals surface area contributed by atoms with Crippen molar-refractivity contribution in [1.82, 2.24) is 0 Å². The average molecular weight is 247 g/mol. The fourth-order valence-corrected chi connectivity index (χ4v) is 2.11. The van der Waals surface area contributed by atoms with Crippen molar-refractivity contribution < 1.29 is 9.53 Å². The first-order chi connectivity index (χ1) is 8.51. The van der Waals surface area contributed by atoms with E-state index in [1.807, 2.05) is 13.8 Å². The normalized spacial score (nSPS) is 16.7. The Balaban J connectivity index is 2.17. The van der Waals surface area contributed by atoms with E-state index in [9.17, 15) is 4.79 Å². The Hall–Kier alpha value is -1.35. The maximum atomic E-state index is 11.6. The summed E-state index contributed by atoms with van der Waals surface area (Å²) in [5.74, 6) is 0.196. The molecule has 0 atom stereocenters. The smallest absolute Gasteiger partial charge is 0.139 e. The second-order valence-electron chi connectivity index (χ2n) is 5.33. The predicted octanol–water partition coefficient (Wildman–Crippen LogP) is 2.39. The van der Waals surface area contributed by atoms with Crippen molar-refractivity contribution in [2.45, 2.75) is 26.2 Å². The van der Waals surface area contributed by atoms with Gasteiger partial charge < -0.3 is 9.64 Å². The molecule has 1 saturated heterocycles. The van der Waals surface area contributed by atoms with E-state index in [1.165, 1.54) is 5.69 Å². The first-order valence-corrected chi connectivity index (χ1v) is 6.46. The number of ketones is 1. The summed E-state index contributed by atoms with van der Waals surface area (Å²) in [5, 5.41) is 0. The monoisotopic (exact) mass is 247 g/mol. The fourth-order valence-electron chi connectivity index (χ4n) is 2.11. The molecule has 2 rings (SSSR count). The molecular weight excluding hydrogens is 226 g/mol. The van der Waals surface area contributed by atoms with Gasteiger partial charge in [0.15, 0.2) is 0 Å². The van der Waals surface area contributed by atoms with Crippen molar-refractivity contribution in [2.75, 3.05) is 31.2 Å². The van der Waals surface area contributed by atoms with Gasteiger partial charge in [-0.2, -0.15) is 0 Å². The lowest BCUT2D eigenvalue weighted by Gasteiger charge is -2.29. The zero-order valence-electron chi connectivity index (χ0n) is 11.4. The minimum atomic E-state index is -0.399. The first kappa shape index (κ1) is 13.1. The predicted molar refractivity (Wildman–Crippen MR) is 73.2 cm³/mol. The maximum Gasteiger partial charge on any atom is 0.139 e. The fraction of sp³-hybridized carbons (Fsp3) is 0.533. The van der Waals surface area contributed by atoms with E-state index in [4.69, 9.17) is 4.74 Å². The van der Waals surface area contributed by atoms with Crippen molar-refractivity contribution in [2.24, 2.45) is 0 Å². The zero-order chi connectivity index (χ0) is 13.2.